The van der Waals surface area contributed by atoms with Gasteiger partial charge in [-0.05, 0) is 36.1 Å². The summed E-state index contributed by atoms with van der Waals surface area (Å²) in [7, 11) is 3.17. The van der Waals surface area contributed by atoms with Gasteiger partial charge in [-0.2, -0.15) is 0 Å². The monoisotopic (exact) mass is 327 g/mol. The van der Waals surface area contributed by atoms with Gasteiger partial charge in [0.2, 0.25) is 5.91 Å². The molecule has 0 aromatic heterocycles. The average Bonchev–Trinajstić information content (AvgIpc) is 3.40. The van der Waals surface area contributed by atoms with Crippen LogP contribution in [0.2, 0.25) is 0 Å². The number of hydrogen-bond acceptors (Lipinski definition) is 4. The standard InChI is InChI=1S/C19H21NO4/c1-23-17-8-4-6-13(18(17)24-2)11-20-19(22)16-10-15(16)12-5-3-7-14(21)9-12/h3-9,15-16,21H,10-11H2,1-2H3,(H,20,22)/t15-,16-/m1/s1. The van der Waals surface area contributed by atoms with E-state index in [1.807, 2.05) is 24.3 Å². The molecule has 1 fully saturated rings. The van der Waals surface area contributed by atoms with Crippen molar-refractivity contribution in [2.45, 2.75) is 18.9 Å². The summed E-state index contributed by atoms with van der Waals surface area (Å²) in [5, 5.41) is 12.5. The van der Waals surface area contributed by atoms with Gasteiger partial charge in [0.1, 0.15) is 5.75 Å². The van der Waals surface area contributed by atoms with Crippen molar-refractivity contribution >= 4 is 5.91 Å². The molecule has 1 aliphatic carbocycles. The molecule has 2 atom stereocenters. The van der Waals surface area contributed by atoms with Crippen molar-refractivity contribution in [1.82, 2.24) is 5.32 Å². The Hall–Kier alpha value is -2.69. The lowest BCUT2D eigenvalue weighted by Gasteiger charge is -2.13. The fourth-order valence-corrected chi connectivity index (χ4v) is 3.01. The third kappa shape index (κ3) is 3.30. The number of phenolic OH excluding ortho intramolecular Hbond substituents is 1. The first-order valence-corrected chi connectivity index (χ1v) is 7.90. The van der Waals surface area contributed by atoms with E-state index < -0.39 is 0 Å². The number of carbonyl (C=O) groups excluding carboxylic acids is 1. The molecule has 0 heterocycles. The number of benzene rings is 2. The topological polar surface area (TPSA) is 67.8 Å². The highest BCUT2D eigenvalue weighted by atomic mass is 16.5. The molecular weight excluding hydrogens is 306 g/mol. The Morgan fingerprint density at radius 2 is 2.00 bits per heavy atom. The van der Waals surface area contributed by atoms with Crippen molar-refractivity contribution in [3.8, 4) is 17.2 Å². The minimum atomic E-state index is -0.0385. The van der Waals surface area contributed by atoms with Crippen molar-refractivity contribution in [3.63, 3.8) is 0 Å². The molecule has 5 nitrogen and oxygen atoms in total. The molecule has 126 valence electrons. The minimum absolute atomic E-state index is 0.0215. The first-order chi connectivity index (χ1) is 11.6. The molecule has 1 amide bonds. The van der Waals surface area contributed by atoms with Crippen LogP contribution in [0, 0.1) is 5.92 Å². The molecule has 0 spiro atoms. The van der Waals surface area contributed by atoms with Gasteiger partial charge in [0.25, 0.3) is 0 Å². The van der Waals surface area contributed by atoms with Gasteiger partial charge in [0.15, 0.2) is 11.5 Å². The third-order valence-corrected chi connectivity index (χ3v) is 4.36. The van der Waals surface area contributed by atoms with E-state index in [0.29, 0.717) is 18.0 Å². The molecule has 2 N–H and O–H groups in total. The van der Waals surface area contributed by atoms with Crippen LogP contribution in [0.3, 0.4) is 0 Å². The number of hydrogen-bond donors (Lipinski definition) is 2. The van der Waals surface area contributed by atoms with Crippen LogP contribution >= 0.6 is 0 Å². The number of phenols is 1. The summed E-state index contributed by atoms with van der Waals surface area (Å²) in [6, 6.07) is 12.7. The van der Waals surface area contributed by atoms with Crippen LogP contribution in [0.1, 0.15) is 23.5 Å². The summed E-state index contributed by atoms with van der Waals surface area (Å²) in [5.41, 5.74) is 1.88. The number of nitrogens with one attached hydrogen (secondary N) is 1. The van der Waals surface area contributed by atoms with Crippen LogP contribution in [0.5, 0.6) is 17.2 Å². The first-order valence-electron chi connectivity index (χ1n) is 7.90. The van der Waals surface area contributed by atoms with Gasteiger partial charge in [0, 0.05) is 18.0 Å². The number of ether oxygens (including phenoxy) is 2. The SMILES string of the molecule is COc1cccc(CNC(=O)[C@@H]2C[C@@H]2c2cccc(O)c2)c1OC. The molecular formula is C19H21NO4. The predicted octanol–water partition coefficient (Wildman–Crippen LogP) is 2.83. The van der Waals surface area contributed by atoms with E-state index in [1.54, 1.807) is 32.4 Å². The lowest BCUT2D eigenvalue weighted by molar-refractivity contribution is -0.122. The summed E-state index contributed by atoms with van der Waals surface area (Å²) in [5.74, 6) is 1.69. The number of carbonyl (C=O) groups is 1. The maximum atomic E-state index is 12.4. The Bertz CT molecular complexity index is 744. The Kier molecular flexibility index (Phi) is 4.60. The van der Waals surface area contributed by atoms with Gasteiger partial charge in [-0.3, -0.25) is 4.79 Å². The van der Waals surface area contributed by atoms with Gasteiger partial charge in [-0.25, -0.2) is 0 Å². The average molecular weight is 327 g/mol. The molecule has 5 heteroatoms. The number of amides is 1. The second-order valence-corrected chi connectivity index (χ2v) is 5.91. The van der Waals surface area contributed by atoms with Crippen molar-refractivity contribution < 1.29 is 19.4 Å². The summed E-state index contributed by atoms with van der Waals surface area (Å²) >= 11 is 0. The number of aromatic hydroxyl groups is 1. The zero-order valence-corrected chi connectivity index (χ0v) is 13.8. The Morgan fingerprint density at radius 3 is 2.71 bits per heavy atom. The summed E-state index contributed by atoms with van der Waals surface area (Å²) in [6.07, 6.45) is 0.810. The highest BCUT2D eigenvalue weighted by Gasteiger charge is 2.43. The van der Waals surface area contributed by atoms with E-state index in [1.165, 1.54) is 0 Å². The summed E-state index contributed by atoms with van der Waals surface area (Å²) in [6.45, 7) is 0.391. The molecule has 1 saturated carbocycles. The van der Waals surface area contributed by atoms with Crippen LogP contribution < -0.4 is 14.8 Å². The minimum Gasteiger partial charge on any atom is -0.508 e. The van der Waals surface area contributed by atoms with Crippen molar-refractivity contribution in [3.05, 3.63) is 53.6 Å². The molecule has 1 aliphatic rings. The zero-order valence-electron chi connectivity index (χ0n) is 13.8. The Labute approximate surface area is 141 Å². The van der Waals surface area contributed by atoms with Gasteiger partial charge in [-0.15, -0.1) is 0 Å². The fourth-order valence-electron chi connectivity index (χ4n) is 3.01. The van der Waals surface area contributed by atoms with Crippen molar-refractivity contribution in [2.24, 2.45) is 5.92 Å². The van der Waals surface area contributed by atoms with Gasteiger partial charge in [0.05, 0.1) is 14.2 Å². The molecule has 0 saturated heterocycles. The predicted molar refractivity (Wildman–Crippen MR) is 90.3 cm³/mol. The fraction of sp³-hybridized carbons (Fsp3) is 0.316. The van der Waals surface area contributed by atoms with E-state index in [0.717, 1.165) is 17.5 Å². The third-order valence-electron chi connectivity index (χ3n) is 4.36. The van der Waals surface area contributed by atoms with E-state index in [-0.39, 0.29) is 23.5 Å². The maximum Gasteiger partial charge on any atom is 0.224 e. The summed E-state index contributed by atoms with van der Waals surface area (Å²) in [4.78, 5) is 12.4. The largest absolute Gasteiger partial charge is 0.508 e. The molecule has 0 aliphatic heterocycles. The van der Waals surface area contributed by atoms with E-state index >= 15 is 0 Å². The quantitative estimate of drug-likeness (QED) is 0.856. The van der Waals surface area contributed by atoms with E-state index in [2.05, 4.69) is 5.32 Å². The van der Waals surface area contributed by atoms with Gasteiger partial charge < -0.3 is 19.9 Å². The summed E-state index contributed by atoms with van der Waals surface area (Å²) < 4.78 is 10.6. The highest BCUT2D eigenvalue weighted by Crippen LogP contribution is 2.48. The van der Waals surface area contributed by atoms with E-state index in [4.69, 9.17) is 9.47 Å². The highest BCUT2D eigenvalue weighted by molar-refractivity contribution is 5.83. The Morgan fingerprint density at radius 1 is 1.21 bits per heavy atom. The first kappa shape index (κ1) is 16.2. The van der Waals surface area contributed by atoms with Gasteiger partial charge in [-0.1, -0.05) is 24.3 Å². The van der Waals surface area contributed by atoms with Crippen LogP contribution in [0.15, 0.2) is 42.5 Å². The molecule has 0 bridgehead atoms. The van der Waals surface area contributed by atoms with Crippen LogP contribution in [0.25, 0.3) is 0 Å². The van der Waals surface area contributed by atoms with Crippen LogP contribution in [0.4, 0.5) is 0 Å². The van der Waals surface area contributed by atoms with Crippen LogP contribution in [-0.4, -0.2) is 25.2 Å². The van der Waals surface area contributed by atoms with Gasteiger partial charge >= 0.3 is 0 Å². The molecule has 3 rings (SSSR count). The lowest BCUT2D eigenvalue weighted by Crippen LogP contribution is -2.25. The van der Waals surface area contributed by atoms with E-state index in [9.17, 15) is 9.90 Å². The second-order valence-electron chi connectivity index (χ2n) is 5.91. The molecule has 2 aromatic carbocycles. The Balaban J connectivity index is 1.61. The normalized spacial score (nSPS) is 18.8. The number of methoxy groups -OCH3 is 2. The lowest BCUT2D eigenvalue weighted by atomic mass is 10.1. The molecule has 2 aromatic rings. The van der Waals surface area contributed by atoms with Crippen LogP contribution in [-0.2, 0) is 11.3 Å². The molecule has 0 unspecified atom stereocenters. The maximum absolute atomic E-state index is 12.4. The molecule has 24 heavy (non-hydrogen) atoms. The van der Waals surface area contributed by atoms with Crippen molar-refractivity contribution in [1.29, 1.82) is 0 Å². The smallest absolute Gasteiger partial charge is 0.224 e. The van der Waals surface area contributed by atoms with Crippen molar-refractivity contribution in [2.75, 3.05) is 14.2 Å². The zero-order chi connectivity index (χ0) is 17.1. The second kappa shape index (κ2) is 6.83. The number of para-hydroxylation sites is 1. The molecule has 0 radical (unpaired) electrons. The number of rotatable bonds is 6.